The first-order chi connectivity index (χ1) is 13.7. The van der Waals surface area contributed by atoms with Gasteiger partial charge in [-0.3, -0.25) is 9.89 Å². The van der Waals surface area contributed by atoms with Crippen LogP contribution < -0.4 is 20.1 Å². The lowest BCUT2D eigenvalue weighted by atomic mass is 10.2. The zero-order valence-electron chi connectivity index (χ0n) is 16.9. The van der Waals surface area contributed by atoms with E-state index in [1.807, 2.05) is 19.2 Å². The van der Waals surface area contributed by atoms with Gasteiger partial charge < -0.3 is 20.1 Å². The van der Waals surface area contributed by atoms with Crippen LogP contribution in [0.1, 0.15) is 17.5 Å². The van der Waals surface area contributed by atoms with Crippen molar-refractivity contribution in [3.63, 3.8) is 0 Å². The smallest absolute Gasteiger partial charge is 0.191 e. The lowest BCUT2D eigenvalue weighted by Crippen LogP contribution is -2.44. The van der Waals surface area contributed by atoms with Crippen LogP contribution in [0.4, 0.5) is 0 Å². The summed E-state index contributed by atoms with van der Waals surface area (Å²) in [6.45, 7) is 3.67. The molecule has 1 aliphatic rings. The van der Waals surface area contributed by atoms with E-state index in [9.17, 15) is 0 Å². The maximum atomic E-state index is 5.38. The Balaban J connectivity index is 1.50. The molecule has 0 radical (unpaired) electrons. The van der Waals surface area contributed by atoms with Gasteiger partial charge in [0.25, 0.3) is 0 Å². The van der Waals surface area contributed by atoms with Gasteiger partial charge in [0.2, 0.25) is 0 Å². The molecule has 1 atom stereocenters. The third-order valence-electron chi connectivity index (χ3n) is 4.96. The van der Waals surface area contributed by atoms with Crippen LogP contribution in [0.2, 0.25) is 0 Å². The normalized spacial score (nSPS) is 17.4. The summed E-state index contributed by atoms with van der Waals surface area (Å²) in [5.74, 6) is 2.50. The van der Waals surface area contributed by atoms with Gasteiger partial charge in [0.05, 0.1) is 14.2 Å². The number of ether oxygens (including phenoxy) is 2. The fourth-order valence-electron chi connectivity index (χ4n) is 3.48. The summed E-state index contributed by atoms with van der Waals surface area (Å²) in [7, 11) is 5.18. The van der Waals surface area contributed by atoms with Gasteiger partial charge in [0.15, 0.2) is 5.96 Å². The van der Waals surface area contributed by atoms with Crippen molar-refractivity contribution in [3.05, 3.63) is 59.7 Å². The van der Waals surface area contributed by atoms with E-state index < -0.39 is 0 Å². The molecule has 6 heteroatoms. The molecule has 1 fully saturated rings. The number of hydrogen-bond donors (Lipinski definition) is 2. The number of guanidine groups is 1. The zero-order chi connectivity index (χ0) is 19.8. The van der Waals surface area contributed by atoms with Gasteiger partial charge in [-0.2, -0.15) is 0 Å². The number of rotatable bonds is 7. The van der Waals surface area contributed by atoms with Crippen molar-refractivity contribution in [2.75, 3.05) is 34.4 Å². The van der Waals surface area contributed by atoms with Gasteiger partial charge in [0.1, 0.15) is 11.5 Å². The minimum absolute atomic E-state index is 0.384. The molecular weight excluding hydrogens is 352 g/mol. The molecule has 0 aromatic heterocycles. The molecule has 150 valence electrons. The van der Waals surface area contributed by atoms with E-state index in [1.165, 1.54) is 11.1 Å². The predicted molar refractivity (Wildman–Crippen MR) is 113 cm³/mol. The van der Waals surface area contributed by atoms with E-state index in [2.05, 4.69) is 56.9 Å². The molecule has 0 amide bonds. The highest BCUT2D eigenvalue weighted by molar-refractivity contribution is 5.80. The largest absolute Gasteiger partial charge is 0.497 e. The summed E-state index contributed by atoms with van der Waals surface area (Å²) in [5.41, 5.74) is 2.44. The van der Waals surface area contributed by atoms with Crippen molar-refractivity contribution in [3.8, 4) is 11.5 Å². The predicted octanol–water partition coefficient (Wildman–Crippen LogP) is 2.64. The van der Waals surface area contributed by atoms with Crippen LogP contribution in [0.25, 0.3) is 0 Å². The maximum absolute atomic E-state index is 5.38. The average molecular weight is 383 g/mol. The van der Waals surface area contributed by atoms with Crippen molar-refractivity contribution in [1.82, 2.24) is 15.5 Å². The number of nitrogens with zero attached hydrogens (tertiary/aromatic N) is 2. The Morgan fingerprint density at radius 1 is 1.07 bits per heavy atom. The monoisotopic (exact) mass is 382 g/mol. The van der Waals surface area contributed by atoms with Crippen LogP contribution in [0.5, 0.6) is 11.5 Å². The molecule has 1 saturated heterocycles. The first-order valence-electron chi connectivity index (χ1n) is 9.65. The standard InChI is InChI=1S/C22H30N4O2/c1-23-22(24-14-17-7-5-4-6-8-17)25-19-9-10-26(16-19)15-18-11-20(27-2)13-21(12-18)28-3/h4-8,11-13,19H,9-10,14-16H2,1-3H3,(H2,23,24,25). The quantitative estimate of drug-likeness (QED) is 0.570. The summed E-state index contributed by atoms with van der Waals surface area (Å²) in [4.78, 5) is 6.80. The van der Waals surface area contributed by atoms with E-state index in [0.717, 1.165) is 50.1 Å². The van der Waals surface area contributed by atoms with Crippen LogP contribution in [0.15, 0.2) is 53.5 Å². The molecule has 28 heavy (non-hydrogen) atoms. The van der Waals surface area contributed by atoms with Crippen LogP contribution in [0, 0.1) is 0 Å². The second kappa shape index (κ2) is 9.99. The van der Waals surface area contributed by atoms with Gasteiger partial charge in [-0.25, -0.2) is 0 Å². The average Bonchev–Trinajstić information content (AvgIpc) is 3.18. The SMILES string of the molecule is CN=C(NCc1ccccc1)NC1CCN(Cc2cc(OC)cc(OC)c2)C1. The summed E-state index contributed by atoms with van der Waals surface area (Å²) >= 11 is 0. The first-order valence-corrected chi connectivity index (χ1v) is 9.65. The zero-order valence-corrected chi connectivity index (χ0v) is 16.9. The highest BCUT2D eigenvalue weighted by Gasteiger charge is 2.23. The van der Waals surface area contributed by atoms with Crippen LogP contribution in [0.3, 0.4) is 0 Å². The third kappa shape index (κ3) is 5.63. The van der Waals surface area contributed by atoms with Gasteiger partial charge in [0, 0.05) is 45.3 Å². The lowest BCUT2D eigenvalue weighted by Gasteiger charge is -2.19. The van der Waals surface area contributed by atoms with Crippen molar-refractivity contribution >= 4 is 5.96 Å². The third-order valence-corrected chi connectivity index (χ3v) is 4.96. The first kappa shape index (κ1) is 20.0. The molecule has 1 aliphatic heterocycles. The van der Waals surface area contributed by atoms with E-state index in [1.54, 1.807) is 14.2 Å². The molecular formula is C22H30N4O2. The minimum Gasteiger partial charge on any atom is -0.497 e. The molecule has 0 saturated carbocycles. The second-order valence-electron chi connectivity index (χ2n) is 7.00. The molecule has 2 N–H and O–H groups in total. The number of methoxy groups -OCH3 is 2. The van der Waals surface area contributed by atoms with Crippen molar-refractivity contribution in [1.29, 1.82) is 0 Å². The van der Waals surface area contributed by atoms with Crippen LogP contribution in [-0.4, -0.2) is 51.3 Å². The Kier molecular flexibility index (Phi) is 7.14. The highest BCUT2D eigenvalue weighted by Crippen LogP contribution is 2.24. The van der Waals surface area contributed by atoms with E-state index in [4.69, 9.17) is 9.47 Å². The molecule has 0 bridgehead atoms. The van der Waals surface area contributed by atoms with Crippen LogP contribution >= 0.6 is 0 Å². The number of likely N-dealkylation sites (tertiary alicyclic amines) is 1. The second-order valence-corrected chi connectivity index (χ2v) is 7.00. The molecule has 2 aromatic carbocycles. The van der Waals surface area contributed by atoms with Crippen LogP contribution in [-0.2, 0) is 13.1 Å². The van der Waals surface area contributed by atoms with Crippen molar-refractivity contribution < 1.29 is 9.47 Å². The highest BCUT2D eigenvalue weighted by atomic mass is 16.5. The Morgan fingerprint density at radius 3 is 2.43 bits per heavy atom. The van der Waals surface area contributed by atoms with E-state index >= 15 is 0 Å². The Hall–Kier alpha value is -2.73. The topological polar surface area (TPSA) is 58.1 Å². The van der Waals surface area contributed by atoms with Gasteiger partial charge in [-0.05, 0) is 29.7 Å². The molecule has 6 nitrogen and oxygen atoms in total. The molecule has 1 unspecified atom stereocenters. The fourth-order valence-corrected chi connectivity index (χ4v) is 3.48. The number of nitrogens with one attached hydrogen (secondary N) is 2. The summed E-state index contributed by atoms with van der Waals surface area (Å²) < 4.78 is 10.8. The van der Waals surface area contributed by atoms with Crippen molar-refractivity contribution in [2.24, 2.45) is 4.99 Å². The Bertz CT molecular complexity index is 757. The summed E-state index contributed by atoms with van der Waals surface area (Å²) in [6, 6.07) is 16.8. The number of benzene rings is 2. The number of aliphatic imine (C=N–C) groups is 1. The van der Waals surface area contributed by atoms with Gasteiger partial charge in [-0.1, -0.05) is 30.3 Å². The minimum atomic E-state index is 0.384. The van der Waals surface area contributed by atoms with Gasteiger partial charge in [-0.15, -0.1) is 0 Å². The fraction of sp³-hybridized carbons (Fsp3) is 0.409. The van der Waals surface area contributed by atoms with Crippen molar-refractivity contribution in [2.45, 2.75) is 25.6 Å². The molecule has 0 spiro atoms. The molecule has 2 aromatic rings. The molecule has 1 heterocycles. The van der Waals surface area contributed by atoms with E-state index in [0.29, 0.717) is 6.04 Å². The number of hydrogen-bond acceptors (Lipinski definition) is 4. The molecule has 0 aliphatic carbocycles. The van der Waals surface area contributed by atoms with Gasteiger partial charge >= 0.3 is 0 Å². The lowest BCUT2D eigenvalue weighted by molar-refractivity contribution is 0.321. The summed E-state index contributed by atoms with van der Waals surface area (Å²) in [5, 5.41) is 6.94. The van der Waals surface area contributed by atoms with E-state index in [-0.39, 0.29) is 0 Å². The summed E-state index contributed by atoms with van der Waals surface area (Å²) in [6.07, 6.45) is 1.09. The molecule has 3 rings (SSSR count). The maximum Gasteiger partial charge on any atom is 0.191 e. The Labute approximate surface area is 167 Å². The Morgan fingerprint density at radius 2 is 1.79 bits per heavy atom.